The van der Waals surface area contributed by atoms with Gasteiger partial charge in [0.05, 0.1) is 23.4 Å². The molecule has 1 aliphatic heterocycles. The predicted octanol–water partition coefficient (Wildman–Crippen LogP) is 2.34. The molecular formula is C18H26N4O2S. The molecule has 3 rings (SSSR count). The summed E-state index contributed by atoms with van der Waals surface area (Å²) in [6.07, 6.45) is 0. The number of hydrogen-bond acceptors (Lipinski definition) is 6. The molecule has 0 spiro atoms. The second-order valence-corrected chi connectivity index (χ2v) is 7.70. The smallest absolute Gasteiger partial charge is 0.237 e. The van der Waals surface area contributed by atoms with Gasteiger partial charge in [-0.25, -0.2) is 4.98 Å². The van der Waals surface area contributed by atoms with E-state index in [-0.39, 0.29) is 18.0 Å². The van der Waals surface area contributed by atoms with Gasteiger partial charge < -0.3 is 15.0 Å². The number of rotatable bonds is 5. The number of carbonyl (C=O) groups excluding carboxylic acids is 1. The Hall–Kier alpha value is -1.86. The molecule has 1 amide bonds. The van der Waals surface area contributed by atoms with E-state index in [2.05, 4.69) is 15.1 Å². The number of piperazine rings is 1. The van der Waals surface area contributed by atoms with E-state index >= 15 is 0 Å². The number of carbonyl (C=O) groups is 1. The fourth-order valence-electron chi connectivity index (χ4n) is 3.03. The van der Waals surface area contributed by atoms with Gasteiger partial charge in [-0.2, -0.15) is 0 Å². The summed E-state index contributed by atoms with van der Waals surface area (Å²) >= 11 is 1.69. The van der Waals surface area contributed by atoms with Crippen LogP contribution in [0.1, 0.15) is 20.8 Å². The number of thiazole rings is 1. The molecule has 7 heteroatoms. The molecule has 1 N–H and O–H groups in total. The number of amides is 1. The van der Waals surface area contributed by atoms with Gasteiger partial charge in [0.25, 0.3) is 0 Å². The third kappa shape index (κ3) is 4.04. The van der Waals surface area contributed by atoms with Crippen LogP contribution < -0.4 is 15.0 Å². The van der Waals surface area contributed by atoms with Crippen molar-refractivity contribution >= 4 is 32.6 Å². The Morgan fingerprint density at radius 1 is 1.24 bits per heavy atom. The highest BCUT2D eigenvalue weighted by Gasteiger charge is 2.26. The maximum Gasteiger partial charge on any atom is 0.237 e. The summed E-state index contributed by atoms with van der Waals surface area (Å²) in [6, 6.07) is 6.06. The number of benzene rings is 1. The average molecular weight is 362 g/mol. The van der Waals surface area contributed by atoms with Crippen molar-refractivity contribution in [2.24, 2.45) is 0 Å². The van der Waals surface area contributed by atoms with Crippen LogP contribution in [0.3, 0.4) is 0 Å². The van der Waals surface area contributed by atoms with Gasteiger partial charge in [-0.15, -0.1) is 0 Å². The second-order valence-electron chi connectivity index (χ2n) is 6.69. The van der Waals surface area contributed by atoms with Crippen LogP contribution in [0.15, 0.2) is 18.2 Å². The Bertz CT molecular complexity index is 738. The molecule has 2 aromatic rings. The minimum absolute atomic E-state index is 0.0934. The van der Waals surface area contributed by atoms with Crippen LogP contribution in [0.4, 0.5) is 5.13 Å². The highest BCUT2D eigenvalue weighted by Crippen LogP contribution is 2.31. The largest absolute Gasteiger partial charge is 0.497 e. The third-order valence-electron chi connectivity index (χ3n) is 4.53. The van der Waals surface area contributed by atoms with Crippen LogP contribution in [0.25, 0.3) is 10.2 Å². The molecule has 1 aromatic heterocycles. The molecular weight excluding hydrogens is 336 g/mol. The molecule has 1 unspecified atom stereocenters. The summed E-state index contributed by atoms with van der Waals surface area (Å²) in [5, 5.41) is 4.04. The summed E-state index contributed by atoms with van der Waals surface area (Å²) < 4.78 is 6.43. The molecule has 2 heterocycles. The standard InChI is InChI=1S/C18H26N4O2S/c1-12(2)19-17(23)13(3)21-7-9-22(10-8-21)18-20-15-6-5-14(24-4)11-16(15)25-18/h5-6,11-13H,7-10H2,1-4H3,(H,19,23). The topological polar surface area (TPSA) is 57.7 Å². The van der Waals surface area contributed by atoms with Crippen molar-refractivity contribution in [1.29, 1.82) is 0 Å². The molecule has 0 radical (unpaired) electrons. The summed E-state index contributed by atoms with van der Waals surface area (Å²) in [5.41, 5.74) is 1.01. The number of anilines is 1. The quantitative estimate of drug-likeness (QED) is 0.885. The van der Waals surface area contributed by atoms with Gasteiger partial charge in [0, 0.05) is 32.2 Å². The van der Waals surface area contributed by atoms with Gasteiger partial charge in [-0.1, -0.05) is 11.3 Å². The zero-order chi connectivity index (χ0) is 18.0. The van der Waals surface area contributed by atoms with E-state index < -0.39 is 0 Å². The lowest BCUT2D eigenvalue weighted by atomic mass is 10.2. The first kappa shape index (κ1) is 17.9. The SMILES string of the molecule is COc1ccc2nc(N3CCN(C(C)C(=O)NC(C)C)CC3)sc2c1. The van der Waals surface area contributed by atoms with Crippen LogP contribution in [0, 0.1) is 0 Å². The van der Waals surface area contributed by atoms with Gasteiger partial charge in [-0.05, 0) is 39.0 Å². The molecule has 1 aliphatic rings. The first-order chi connectivity index (χ1) is 12.0. The minimum atomic E-state index is -0.0934. The molecule has 1 aromatic carbocycles. The van der Waals surface area contributed by atoms with E-state index in [0.717, 1.165) is 47.3 Å². The van der Waals surface area contributed by atoms with Crippen molar-refractivity contribution in [2.75, 3.05) is 38.2 Å². The van der Waals surface area contributed by atoms with Gasteiger partial charge in [-0.3, -0.25) is 9.69 Å². The minimum Gasteiger partial charge on any atom is -0.497 e. The fraction of sp³-hybridized carbons (Fsp3) is 0.556. The summed E-state index contributed by atoms with van der Waals surface area (Å²) in [6.45, 7) is 9.47. The van der Waals surface area contributed by atoms with E-state index in [4.69, 9.17) is 9.72 Å². The normalized spacial score (nSPS) is 17.1. The predicted molar refractivity (Wildman–Crippen MR) is 103 cm³/mol. The zero-order valence-electron chi connectivity index (χ0n) is 15.3. The molecule has 1 saturated heterocycles. The molecule has 0 aliphatic carbocycles. The van der Waals surface area contributed by atoms with E-state index in [1.54, 1.807) is 18.4 Å². The second kappa shape index (κ2) is 7.58. The number of methoxy groups -OCH3 is 1. The molecule has 136 valence electrons. The summed E-state index contributed by atoms with van der Waals surface area (Å²) in [7, 11) is 1.68. The van der Waals surface area contributed by atoms with Gasteiger partial charge in [0.15, 0.2) is 5.13 Å². The Morgan fingerprint density at radius 2 is 1.96 bits per heavy atom. The van der Waals surface area contributed by atoms with E-state index in [9.17, 15) is 4.79 Å². The zero-order valence-corrected chi connectivity index (χ0v) is 16.1. The Morgan fingerprint density at radius 3 is 2.60 bits per heavy atom. The lowest BCUT2D eigenvalue weighted by molar-refractivity contribution is -0.126. The van der Waals surface area contributed by atoms with Crippen LogP contribution in [0.2, 0.25) is 0 Å². The number of fused-ring (bicyclic) bond motifs is 1. The molecule has 0 saturated carbocycles. The van der Waals surface area contributed by atoms with Crippen LogP contribution in [-0.2, 0) is 4.79 Å². The average Bonchev–Trinajstić information content (AvgIpc) is 3.03. The van der Waals surface area contributed by atoms with E-state index in [1.165, 1.54) is 0 Å². The maximum atomic E-state index is 12.2. The first-order valence-electron chi connectivity index (χ1n) is 8.72. The molecule has 25 heavy (non-hydrogen) atoms. The third-order valence-corrected chi connectivity index (χ3v) is 5.61. The van der Waals surface area contributed by atoms with Crippen molar-refractivity contribution in [3.8, 4) is 5.75 Å². The molecule has 1 atom stereocenters. The van der Waals surface area contributed by atoms with Crippen molar-refractivity contribution in [3.05, 3.63) is 18.2 Å². The number of nitrogens with one attached hydrogen (secondary N) is 1. The van der Waals surface area contributed by atoms with Gasteiger partial charge in [0.2, 0.25) is 5.91 Å². The fourth-order valence-corrected chi connectivity index (χ4v) is 4.07. The van der Waals surface area contributed by atoms with E-state index in [1.807, 2.05) is 39.0 Å². The number of nitrogens with zero attached hydrogens (tertiary/aromatic N) is 3. The van der Waals surface area contributed by atoms with Crippen molar-refractivity contribution < 1.29 is 9.53 Å². The monoisotopic (exact) mass is 362 g/mol. The Labute approximate surface area is 152 Å². The van der Waals surface area contributed by atoms with Crippen LogP contribution in [0.5, 0.6) is 5.75 Å². The van der Waals surface area contributed by atoms with Crippen LogP contribution >= 0.6 is 11.3 Å². The molecule has 0 bridgehead atoms. The number of aromatic nitrogens is 1. The molecule has 1 fully saturated rings. The van der Waals surface area contributed by atoms with Crippen molar-refractivity contribution in [2.45, 2.75) is 32.9 Å². The van der Waals surface area contributed by atoms with Crippen molar-refractivity contribution in [3.63, 3.8) is 0 Å². The first-order valence-corrected chi connectivity index (χ1v) is 9.53. The maximum absolute atomic E-state index is 12.2. The summed E-state index contributed by atoms with van der Waals surface area (Å²) in [5.74, 6) is 0.966. The highest BCUT2D eigenvalue weighted by molar-refractivity contribution is 7.22. The highest BCUT2D eigenvalue weighted by atomic mass is 32.1. The van der Waals surface area contributed by atoms with Crippen LogP contribution in [-0.4, -0.2) is 61.2 Å². The lowest BCUT2D eigenvalue weighted by Gasteiger charge is -2.37. The summed E-state index contributed by atoms with van der Waals surface area (Å²) in [4.78, 5) is 21.5. The van der Waals surface area contributed by atoms with Crippen molar-refractivity contribution in [1.82, 2.24) is 15.2 Å². The van der Waals surface area contributed by atoms with Gasteiger partial charge in [0.1, 0.15) is 5.75 Å². The van der Waals surface area contributed by atoms with E-state index in [0.29, 0.717) is 0 Å². The Kier molecular flexibility index (Phi) is 5.44. The Balaban J connectivity index is 1.63. The molecule has 6 nitrogen and oxygen atoms in total. The number of ether oxygens (including phenoxy) is 1. The lowest BCUT2D eigenvalue weighted by Crippen LogP contribution is -2.54. The number of hydrogen-bond donors (Lipinski definition) is 1. The van der Waals surface area contributed by atoms with Gasteiger partial charge >= 0.3 is 0 Å².